The van der Waals surface area contributed by atoms with Crippen molar-refractivity contribution >= 4 is 11.6 Å². The van der Waals surface area contributed by atoms with E-state index in [1.54, 1.807) is 36.4 Å². The molecule has 4 nitrogen and oxygen atoms in total. The molecule has 3 aromatic rings. The lowest BCUT2D eigenvalue weighted by atomic mass is 10.1. The molecule has 0 saturated heterocycles. The number of carbonyl (C=O) groups excluding carboxylic acids is 1. The first-order chi connectivity index (χ1) is 12.3. The number of amides is 1. The first kappa shape index (κ1) is 16.7. The van der Waals surface area contributed by atoms with Crippen LogP contribution in [0.5, 0.6) is 5.75 Å². The Morgan fingerprint density at radius 3 is 2.52 bits per heavy atom. The number of rotatable bonds is 6. The fraction of sp³-hybridized carbons (Fsp3) is 0.0952. The highest BCUT2D eigenvalue weighted by molar-refractivity contribution is 6.04. The highest BCUT2D eigenvalue weighted by Gasteiger charge is 2.08. The van der Waals surface area contributed by atoms with E-state index < -0.39 is 0 Å². The summed E-state index contributed by atoms with van der Waals surface area (Å²) in [4.78, 5) is 12.4. The second kappa shape index (κ2) is 8.13. The Balaban J connectivity index is 1.62. The van der Waals surface area contributed by atoms with Crippen molar-refractivity contribution in [3.8, 4) is 5.75 Å². The molecule has 0 spiro atoms. The number of carbonyl (C=O) groups is 1. The summed E-state index contributed by atoms with van der Waals surface area (Å²) in [6.07, 6.45) is 0. The zero-order valence-electron chi connectivity index (χ0n) is 13.7. The smallest absolute Gasteiger partial charge is 0.255 e. The summed E-state index contributed by atoms with van der Waals surface area (Å²) >= 11 is 0. The molecule has 0 bridgehead atoms. The molecule has 0 aromatic heterocycles. The van der Waals surface area contributed by atoms with Gasteiger partial charge < -0.3 is 15.8 Å². The number of nitrogens with two attached hydrogens (primary N) is 1. The molecule has 0 heterocycles. The molecule has 0 fully saturated rings. The summed E-state index contributed by atoms with van der Waals surface area (Å²) in [5, 5.41) is 2.86. The Morgan fingerprint density at radius 1 is 1.04 bits per heavy atom. The van der Waals surface area contributed by atoms with Crippen LogP contribution in [0.1, 0.15) is 21.5 Å². The molecule has 0 aliphatic carbocycles. The third kappa shape index (κ3) is 4.46. The molecule has 4 heteroatoms. The third-order valence-electron chi connectivity index (χ3n) is 3.79. The molecule has 125 valence electrons. The lowest BCUT2D eigenvalue weighted by Crippen LogP contribution is -2.14. The molecule has 0 unspecified atom stereocenters. The maximum atomic E-state index is 12.4. The van der Waals surface area contributed by atoms with Crippen LogP contribution < -0.4 is 15.8 Å². The second-order valence-corrected chi connectivity index (χ2v) is 5.54. The number of anilines is 1. The van der Waals surface area contributed by atoms with Crippen molar-refractivity contribution in [3.63, 3.8) is 0 Å². The third-order valence-corrected chi connectivity index (χ3v) is 3.79. The van der Waals surface area contributed by atoms with Gasteiger partial charge in [0.2, 0.25) is 0 Å². The molecule has 3 N–H and O–H groups in total. The molecule has 0 saturated carbocycles. The number of hydrogen-bond acceptors (Lipinski definition) is 3. The van der Waals surface area contributed by atoms with Crippen LogP contribution in [0.4, 0.5) is 5.69 Å². The van der Waals surface area contributed by atoms with Gasteiger partial charge in [-0.25, -0.2) is 0 Å². The Bertz CT molecular complexity index is 830. The van der Waals surface area contributed by atoms with Crippen LogP contribution in [-0.4, -0.2) is 5.91 Å². The predicted octanol–water partition coefficient (Wildman–Crippen LogP) is 3.78. The SMILES string of the molecule is NCc1cc[c]cc1NC(=O)c1ccc(OCc2ccccc2)cc1. The number of ether oxygens (including phenoxy) is 1. The molecular formula is C21H19N2O2. The van der Waals surface area contributed by atoms with E-state index in [9.17, 15) is 4.79 Å². The molecular weight excluding hydrogens is 312 g/mol. The fourth-order valence-corrected chi connectivity index (χ4v) is 2.39. The quantitative estimate of drug-likeness (QED) is 0.722. The molecule has 1 radical (unpaired) electrons. The summed E-state index contributed by atoms with van der Waals surface area (Å²) in [5.74, 6) is 0.528. The van der Waals surface area contributed by atoms with Crippen LogP contribution in [0.3, 0.4) is 0 Å². The molecule has 3 rings (SSSR count). The van der Waals surface area contributed by atoms with Gasteiger partial charge in [0, 0.05) is 17.8 Å². The van der Waals surface area contributed by atoms with Crippen LogP contribution in [0, 0.1) is 6.07 Å². The largest absolute Gasteiger partial charge is 0.489 e. The van der Waals surface area contributed by atoms with Crippen LogP contribution >= 0.6 is 0 Å². The Kier molecular flexibility index (Phi) is 5.44. The van der Waals surface area contributed by atoms with Gasteiger partial charge in [0.05, 0.1) is 0 Å². The van der Waals surface area contributed by atoms with Crippen molar-refractivity contribution in [2.45, 2.75) is 13.2 Å². The van der Waals surface area contributed by atoms with E-state index in [1.165, 1.54) is 0 Å². The number of nitrogens with one attached hydrogen (secondary N) is 1. The van der Waals surface area contributed by atoms with Crippen LogP contribution in [0.25, 0.3) is 0 Å². The van der Waals surface area contributed by atoms with E-state index in [-0.39, 0.29) is 5.91 Å². The average Bonchev–Trinajstić information content (AvgIpc) is 2.68. The van der Waals surface area contributed by atoms with E-state index in [4.69, 9.17) is 10.5 Å². The maximum Gasteiger partial charge on any atom is 0.255 e. The lowest BCUT2D eigenvalue weighted by Gasteiger charge is -2.10. The van der Waals surface area contributed by atoms with Gasteiger partial charge in [0.25, 0.3) is 5.91 Å². The van der Waals surface area contributed by atoms with Crippen molar-refractivity contribution in [2.24, 2.45) is 5.73 Å². The van der Waals surface area contributed by atoms with Crippen molar-refractivity contribution < 1.29 is 9.53 Å². The number of benzene rings is 3. The molecule has 25 heavy (non-hydrogen) atoms. The Hall–Kier alpha value is -3.11. The van der Waals surface area contributed by atoms with Crippen molar-refractivity contribution in [2.75, 3.05) is 5.32 Å². The average molecular weight is 331 g/mol. The van der Waals surface area contributed by atoms with Crippen molar-refractivity contribution in [1.29, 1.82) is 0 Å². The van der Waals surface area contributed by atoms with E-state index in [1.807, 2.05) is 36.4 Å². The topological polar surface area (TPSA) is 64.3 Å². The first-order valence-electron chi connectivity index (χ1n) is 8.03. The van der Waals surface area contributed by atoms with Gasteiger partial charge in [-0.15, -0.1) is 0 Å². The molecule has 0 atom stereocenters. The van der Waals surface area contributed by atoms with E-state index in [2.05, 4.69) is 11.4 Å². The van der Waals surface area contributed by atoms with E-state index >= 15 is 0 Å². The first-order valence-corrected chi connectivity index (χ1v) is 8.03. The van der Waals surface area contributed by atoms with E-state index in [0.717, 1.165) is 16.9 Å². The highest BCUT2D eigenvalue weighted by atomic mass is 16.5. The molecule has 0 aliphatic heterocycles. The van der Waals surface area contributed by atoms with Gasteiger partial charge in [0.1, 0.15) is 12.4 Å². The maximum absolute atomic E-state index is 12.4. The van der Waals surface area contributed by atoms with E-state index in [0.29, 0.717) is 24.4 Å². The summed E-state index contributed by atoms with van der Waals surface area (Å²) in [6, 6.07) is 25.3. The monoisotopic (exact) mass is 331 g/mol. The highest BCUT2D eigenvalue weighted by Crippen LogP contribution is 2.18. The van der Waals surface area contributed by atoms with Gasteiger partial charge in [-0.3, -0.25) is 4.79 Å². The zero-order valence-corrected chi connectivity index (χ0v) is 13.7. The molecule has 0 aliphatic rings. The summed E-state index contributed by atoms with van der Waals surface area (Å²) in [7, 11) is 0. The predicted molar refractivity (Wildman–Crippen MR) is 98.3 cm³/mol. The van der Waals surface area contributed by atoms with Gasteiger partial charge in [-0.1, -0.05) is 42.5 Å². The minimum absolute atomic E-state index is 0.191. The number of hydrogen-bond donors (Lipinski definition) is 2. The summed E-state index contributed by atoms with van der Waals surface area (Å²) in [5.41, 5.74) is 8.89. The zero-order chi connectivity index (χ0) is 17.5. The van der Waals surface area contributed by atoms with Crippen molar-refractivity contribution in [1.82, 2.24) is 0 Å². The fourth-order valence-electron chi connectivity index (χ4n) is 2.39. The summed E-state index contributed by atoms with van der Waals surface area (Å²) in [6.45, 7) is 0.850. The summed E-state index contributed by atoms with van der Waals surface area (Å²) < 4.78 is 5.73. The normalized spacial score (nSPS) is 10.3. The van der Waals surface area contributed by atoms with Gasteiger partial charge in [-0.2, -0.15) is 0 Å². The second-order valence-electron chi connectivity index (χ2n) is 5.54. The van der Waals surface area contributed by atoms with Crippen LogP contribution in [0.15, 0.2) is 72.8 Å². The molecule has 3 aromatic carbocycles. The van der Waals surface area contributed by atoms with Crippen molar-refractivity contribution in [3.05, 3.63) is 95.6 Å². The Labute approximate surface area is 147 Å². The van der Waals surface area contributed by atoms with Gasteiger partial charge >= 0.3 is 0 Å². The van der Waals surface area contributed by atoms with Gasteiger partial charge in [0.15, 0.2) is 0 Å². The minimum atomic E-state index is -0.191. The minimum Gasteiger partial charge on any atom is -0.489 e. The van der Waals surface area contributed by atoms with Crippen LogP contribution in [-0.2, 0) is 13.2 Å². The lowest BCUT2D eigenvalue weighted by molar-refractivity contribution is 0.102. The van der Waals surface area contributed by atoms with Gasteiger partial charge in [-0.05, 0) is 47.5 Å². The van der Waals surface area contributed by atoms with Crippen LogP contribution in [0.2, 0.25) is 0 Å². The standard InChI is InChI=1S/C21H19N2O2/c22-14-18-8-4-5-9-20(18)23-21(24)17-10-12-19(13-11-17)25-15-16-6-2-1-3-7-16/h1-4,6-13H,14-15,22H2,(H,23,24). The molecule has 1 amide bonds. The Morgan fingerprint density at radius 2 is 1.80 bits per heavy atom.